The summed E-state index contributed by atoms with van der Waals surface area (Å²) in [5, 5.41) is 10.2. The fraction of sp³-hybridized carbons (Fsp3) is 0.917. The molecule has 2 unspecified atom stereocenters. The van der Waals surface area contributed by atoms with Crippen LogP contribution in [0.1, 0.15) is 26.7 Å². The number of aliphatic hydroxyl groups is 1. The first-order valence-electron chi connectivity index (χ1n) is 6.02. The average molecular weight is 227 g/mol. The van der Waals surface area contributed by atoms with E-state index in [1.165, 1.54) is 7.11 Å². The highest BCUT2D eigenvalue weighted by Gasteiger charge is 2.53. The zero-order chi connectivity index (χ0) is 11.9. The zero-order valence-corrected chi connectivity index (χ0v) is 10.3. The normalized spacial score (nSPS) is 28.0. The lowest BCUT2D eigenvalue weighted by Gasteiger charge is -2.50. The number of β-amino-alcohol motifs (C(OH)–C–C–N with tert-alkyl or cyclic N) is 1. The first-order chi connectivity index (χ1) is 7.48. The summed E-state index contributed by atoms with van der Waals surface area (Å²) < 4.78 is 4.74. The summed E-state index contributed by atoms with van der Waals surface area (Å²) in [4.78, 5) is 13.6. The Morgan fingerprint density at radius 2 is 2.00 bits per heavy atom. The van der Waals surface area contributed by atoms with Gasteiger partial charge in [0.2, 0.25) is 0 Å². The van der Waals surface area contributed by atoms with Gasteiger partial charge in [0.25, 0.3) is 0 Å². The van der Waals surface area contributed by atoms with Gasteiger partial charge in [-0.05, 0) is 25.7 Å². The molecule has 1 saturated carbocycles. The van der Waals surface area contributed by atoms with Crippen molar-refractivity contribution >= 4 is 5.97 Å². The summed E-state index contributed by atoms with van der Waals surface area (Å²) in [6, 6.07) is 0.145. The minimum Gasteiger partial charge on any atom is -0.469 e. The molecule has 2 rings (SSSR count). The number of likely N-dealkylation sites (tertiary alicyclic amines) is 1. The van der Waals surface area contributed by atoms with Gasteiger partial charge >= 0.3 is 5.97 Å². The van der Waals surface area contributed by atoms with E-state index < -0.39 is 5.60 Å². The maximum atomic E-state index is 11.4. The minimum absolute atomic E-state index is 0.131. The third-order valence-electron chi connectivity index (χ3n) is 4.16. The highest BCUT2D eigenvalue weighted by Crippen LogP contribution is 2.45. The van der Waals surface area contributed by atoms with Gasteiger partial charge in [-0.1, -0.05) is 6.92 Å². The largest absolute Gasteiger partial charge is 0.469 e. The topological polar surface area (TPSA) is 49.8 Å². The van der Waals surface area contributed by atoms with E-state index in [9.17, 15) is 9.90 Å². The van der Waals surface area contributed by atoms with Gasteiger partial charge in [0, 0.05) is 19.1 Å². The van der Waals surface area contributed by atoms with E-state index in [0.29, 0.717) is 19.0 Å². The Labute approximate surface area is 96.6 Å². The van der Waals surface area contributed by atoms with Crippen LogP contribution < -0.4 is 0 Å². The van der Waals surface area contributed by atoms with Gasteiger partial charge in [0.1, 0.15) is 0 Å². The number of nitrogens with zero attached hydrogens (tertiary/aromatic N) is 1. The molecule has 1 N–H and O–H groups in total. The smallest absolute Gasteiger partial charge is 0.309 e. The third kappa shape index (κ3) is 1.96. The van der Waals surface area contributed by atoms with Crippen LogP contribution in [0.15, 0.2) is 0 Å². The van der Waals surface area contributed by atoms with Crippen molar-refractivity contribution in [2.24, 2.45) is 11.8 Å². The molecule has 4 heteroatoms. The van der Waals surface area contributed by atoms with Crippen molar-refractivity contribution in [2.75, 3.05) is 20.2 Å². The molecule has 1 saturated heterocycles. The molecule has 1 aliphatic heterocycles. The molecular formula is C12H21NO3. The van der Waals surface area contributed by atoms with Crippen molar-refractivity contribution in [1.29, 1.82) is 0 Å². The molecule has 4 nitrogen and oxygen atoms in total. The van der Waals surface area contributed by atoms with Gasteiger partial charge in [-0.2, -0.15) is 0 Å². The van der Waals surface area contributed by atoms with Crippen molar-refractivity contribution in [1.82, 2.24) is 4.90 Å². The van der Waals surface area contributed by atoms with Crippen LogP contribution in [-0.2, 0) is 9.53 Å². The van der Waals surface area contributed by atoms with E-state index >= 15 is 0 Å². The molecule has 16 heavy (non-hydrogen) atoms. The molecule has 0 radical (unpaired) electrons. The lowest BCUT2D eigenvalue weighted by atomic mass is 9.85. The number of methoxy groups -OCH3 is 1. The summed E-state index contributed by atoms with van der Waals surface area (Å²) in [5.41, 5.74) is -0.468. The number of rotatable bonds is 4. The maximum Gasteiger partial charge on any atom is 0.309 e. The number of hydrogen-bond donors (Lipinski definition) is 1. The first-order valence-corrected chi connectivity index (χ1v) is 6.02. The fourth-order valence-electron chi connectivity index (χ4n) is 2.52. The van der Waals surface area contributed by atoms with E-state index in [1.54, 1.807) is 0 Å². The average Bonchev–Trinajstić information content (AvgIpc) is 3.05. The maximum absolute atomic E-state index is 11.4. The molecule has 0 aromatic heterocycles. The number of esters is 1. The zero-order valence-electron chi connectivity index (χ0n) is 10.3. The van der Waals surface area contributed by atoms with Crippen molar-refractivity contribution in [3.63, 3.8) is 0 Å². The summed E-state index contributed by atoms with van der Waals surface area (Å²) in [7, 11) is 1.42. The van der Waals surface area contributed by atoms with E-state index in [1.807, 2.05) is 13.8 Å². The number of ether oxygens (including phenoxy) is 1. The Morgan fingerprint density at radius 3 is 2.44 bits per heavy atom. The highest BCUT2D eigenvalue weighted by atomic mass is 16.5. The Balaban J connectivity index is 1.84. The molecule has 0 bridgehead atoms. The van der Waals surface area contributed by atoms with E-state index in [4.69, 9.17) is 4.74 Å². The molecular weight excluding hydrogens is 206 g/mol. The first kappa shape index (κ1) is 11.9. The van der Waals surface area contributed by atoms with Crippen LogP contribution in [0.4, 0.5) is 0 Å². The van der Waals surface area contributed by atoms with Crippen LogP contribution in [-0.4, -0.2) is 47.8 Å². The molecule has 0 aromatic carbocycles. The predicted molar refractivity (Wildman–Crippen MR) is 59.9 cm³/mol. The van der Waals surface area contributed by atoms with E-state index in [-0.39, 0.29) is 17.9 Å². The summed E-state index contributed by atoms with van der Waals surface area (Å²) in [6.45, 7) is 5.32. The number of hydrogen-bond acceptors (Lipinski definition) is 4. The lowest BCUT2D eigenvalue weighted by molar-refractivity contribution is -0.157. The highest BCUT2D eigenvalue weighted by molar-refractivity contribution is 5.72. The van der Waals surface area contributed by atoms with Crippen LogP contribution in [0, 0.1) is 11.8 Å². The Morgan fingerprint density at radius 1 is 1.44 bits per heavy atom. The molecule has 0 aromatic rings. The third-order valence-corrected chi connectivity index (χ3v) is 4.16. The monoisotopic (exact) mass is 227 g/mol. The van der Waals surface area contributed by atoms with Gasteiger partial charge in [0.05, 0.1) is 18.6 Å². The molecule has 1 heterocycles. The molecule has 2 fully saturated rings. The van der Waals surface area contributed by atoms with E-state index in [2.05, 4.69) is 4.90 Å². The Hall–Kier alpha value is -0.610. The van der Waals surface area contributed by atoms with Gasteiger partial charge in [-0.3, -0.25) is 9.69 Å². The molecule has 2 atom stereocenters. The van der Waals surface area contributed by atoms with Crippen molar-refractivity contribution < 1.29 is 14.6 Å². The predicted octanol–water partition coefficient (Wildman–Crippen LogP) is 0.641. The van der Waals surface area contributed by atoms with Crippen LogP contribution in [0.3, 0.4) is 0 Å². The second-order valence-electron chi connectivity index (χ2n) is 5.34. The van der Waals surface area contributed by atoms with Crippen molar-refractivity contribution in [3.05, 3.63) is 0 Å². The van der Waals surface area contributed by atoms with Gasteiger partial charge < -0.3 is 9.84 Å². The van der Waals surface area contributed by atoms with Gasteiger partial charge in [-0.15, -0.1) is 0 Å². The second-order valence-corrected chi connectivity index (χ2v) is 5.34. The molecule has 0 amide bonds. The van der Waals surface area contributed by atoms with Crippen LogP contribution in [0.5, 0.6) is 0 Å². The summed E-state index contributed by atoms with van der Waals surface area (Å²) >= 11 is 0. The number of carbonyl (C=O) groups is 1. The quantitative estimate of drug-likeness (QED) is 0.716. The van der Waals surface area contributed by atoms with Crippen LogP contribution in [0.2, 0.25) is 0 Å². The standard InChI is InChI=1S/C12H21NO3/c1-8(11(14)16-3)9(2)13-6-12(15,7-13)10-4-5-10/h8-10,15H,4-7H2,1-3H3. The minimum atomic E-state index is -0.468. The Bertz CT molecular complexity index is 282. The van der Waals surface area contributed by atoms with Crippen molar-refractivity contribution in [3.8, 4) is 0 Å². The van der Waals surface area contributed by atoms with Crippen LogP contribution in [0.25, 0.3) is 0 Å². The summed E-state index contributed by atoms with van der Waals surface area (Å²) in [5.74, 6) is 0.201. The van der Waals surface area contributed by atoms with Crippen LogP contribution >= 0.6 is 0 Å². The molecule has 92 valence electrons. The second kappa shape index (κ2) is 4.00. The van der Waals surface area contributed by atoms with Gasteiger partial charge in [-0.25, -0.2) is 0 Å². The summed E-state index contributed by atoms with van der Waals surface area (Å²) in [6.07, 6.45) is 2.32. The SMILES string of the molecule is COC(=O)C(C)C(C)N1CC(O)(C2CC2)C1. The molecule has 0 spiro atoms. The van der Waals surface area contributed by atoms with Gasteiger partial charge in [0.15, 0.2) is 0 Å². The fourth-order valence-corrected chi connectivity index (χ4v) is 2.52. The molecule has 2 aliphatic rings. The molecule has 1 aliphatic carbocycles. The Kier molecular flexibility index (Phi) is 2.97. The van der Waals surface area contributed by atoms with Crippen molar-refractivity contribution in [2.45, 2.75) is 38.3 Å². The number of carbonyl (C=O) groups excluding carboxylic acids is 1. The lowest BCUT2D eigenvalue weighted by Crippen LogP contribution is -2.66. The van der Waals surface area contributed by atoms with E-state index in [0.717, 1.165) is 12.8 Å².